The van der Waals surface area contributed by atoms with Crippen LogP contribution in [0.4, 0.5) is 0 Å². The second-order valence-electron chi connectivity index (χ2n) is 6.53. The Balaban J connectivity index is 1.46. The van der Waals surface area contributed by atoms with Crippen molar-refractivity contribution < 1.29 is 23.8 Å². The molecule has 0 bridgehead atoms. The molecule has 0 aromatic heterocycles. The van der Waals surface area contributed by atoms with Gasteiger partial charge in [-0.15, -0.1) is 0 Å². The summed E-state index contributed by atoms with van der Waals surface area (Å²) >= 11 is 0. The van der Waals surface area contributed by atoms with Crippen LogP contribution in [0.5, 0.6) is 17.2 Å². The molecule has 0 aliphatic heterocycles. The summed E-state index contributed by atoms with van der Waals surface area (Å²) in [6.45, 7) is 1.68. The maximum absolute atomic E-state index is 12.2. The third kappa shape index (κ3) is 6.43. The van der Waals surface area contributed by atoms with Crippen LogP contribution in [-0.4, -0.2) is 31.8 Å². The highest BCUT2D eigenvalue weighted by Crippen LogP contribution is 2.17. The molecular formula is C24H22N2O5. The lowest BCUT2D eigenvalue weighted by Crippen LogP contribution is -2.24. The molecule has 3 aromatic rings. The summed E-state index contributed by atoms with van der Waals surface area (Å²) in [5, 5.41) is 3.90. The third-order valence-corrected chi connectivity index (χ3v) is 4.29. The molecule has 0 saturated carbocycles. The molecule has 3 aromatic carbocycles. The van der Waals surface area contributed by atoms with Gasteiger partial charge in [-0.1, -0.05) is 18.2 Å². The highest BCUT2D eigenvalue weighted by molar-refractivity contribution is 5.92. The second kappa shape index (κ2) is 10.6. The summed E-state index contributed by atoms with van der Waals surface area (Å²) in [6, 6.07) is 20.9. The van der Waals surface area contributed by atoms with Crippen LogP contribution in [0.25, 0.3) is 0 Å². The Morgan fingerprint density at radius 2 is 1.55 bits per heavy atom. The van der Waals surface area contributed by atoms with E-state index in [1.807, 2.05) is 19.1 Å². The molecule has 7 nitrogen and oxygen atoms in total. The summed E-state index contributed by atoms with van der Waals surface area (Å²) in [7, 11) is 1.58. The minimum atomic E-state index is -0.413. The minimum absolute atomic E-state index is 0.169. The molecule has 0 unspecified atom stereocenters. The Kier molecular flexibility index (Phi) is 7.37. The number of hydrogen-bond acceptors (Lipinski definition) is 6. The van der Waals surface area contributed by atoms with Gasteiger partial charge in [0.25, 0.3) is 5.91 Å². The van der Waals surface area contributed by atoms with Crippen LogP contribution in [0, 0.1) is 6.92 Å². The van der Waals surface area contributed by atoms with Crippen LogP contribution in [0.15, 0.2) is 77.9 Å². The van der Waals surface area contributed by atoms with Crippen molar-refractivity contribution in [2.75, 3.05) is 13.7 Å². The Labute approximate surface area is 180 Å². The number of nitrogens with zero attached hydrogens (tertiary/aromatic N) is 1. The first kappa shape index (κ1) is 21.6. The van der Waals surface area contributed by atoms with Gasteiger partial charge in [-0.25, -0.2) is 10.2 Å². The molecule has 0 saturated heterocycles. The molecule has 7 heteroatoms. The zero-order chi connectivity index (χ0) is 22.1. The van der Waals surface area contributed by atoms with Crippen LogP contribution in [0.1, 0.15) is 21.5 Å². The Morgan fingerprint density at radius 3 is 2.23 bits per heavy atom. The predicted molar refractivity (Wildman–Crippen MR) is 117 cm³/mol. The molecule has 0 fully saturated rings. The molecule has 31 heavy (non-hydrogen) atoms. The zero-order valence-electron chi connectivity index (χ0n) is 17.2. The molecule has 3 rings (SSSR count). The number of aryl methyl sites for hydroxylation is 1. The summed E-state index contributed by atoms with van der Waals surface area (Å²) in [5.41, 5.74) is 4.49. The first-order valence-electron chi connectivity index (χ1n) is 9.52. The lowest BCUT2D eigenvalue weighted by atomic mass is 10.1. The number of hydrazone groups is 1. The van der Waals surface area contributed by atoms with Crippen molar-refractivity contribution in [3.8, 4) is 17.2 Å². The van der Waals surface area contributed by atoms with Crippen molar-refractivity contribution >= 4 is 18.1 Å². The number of hydrogen-bond donors (Lipinski definition) is 1. The third-order valence-electron chi connectivity index (χ3n) is 4.29. The highest BCUT2D eigenvalue weighted by Gasteiger charge is 2.10. The highest BCUT2D eigenvalue weighted by atomic mass is 16.5. The van der Waals surface area contributed by atoms with Gasteiger partial charge in [0.2, 0.25) is 0 Å². The summed E-state index contributed by atoms with van der Waals surface area (Å²) in [4.78, 5) is 24.1. The summed E-state index contributed by atoms with van der Waals surface area (Å²) in [6.07, 6.45) is 1.48. The van der Waals surface area contributed by atoms with Gasteiger partial charge in [0.1, 0.15) is 17.2 Å². The van der Waals surface area contributed by atoms with E-state index < -0.39 is 11.9 Å². The normalized spacial score (nSPS) is 10.5. The maximum atomic E-state index is 12.2. The number of rotatable bonds is 8. The van der Waals surface area contributed by atoms with Gasteiger partial charge in [0.15, 0.2) is 6.61 Å². The number of ether oxygens (including phenoxy) is 3. The average Bonchev–Trinajstić information content (AvgIpc) is 2.79. The summed E-state index contributed by atoms with van der Waals surface area (Å²) < 4.78 is 15.8. The van der Waals surface area contributed by atoms with E-state index in [0.29, 0.717) is 22.8 Å². The summed E-state index contributed by atoms with van der Waals surface area (Å²) in [5.74, 6) is 0.870. The van der Waals surface area contributed by atoms with Gasteiger partial charge in [-0.3, -0.25) is 4.79 Å². The largest absolute Gasteiger partial charge is 0.497 e. The Morgan fingerprint density at radius 1 is 0.903 bits per heavy atom. The monoisotopic (exact) mass is 418 g/mol. The van der Waals surface area contributed by atoms with E-state index >= 15 is 0 Å². The fourth-order valence-corrected chi connectivity index (χ4v) is 2.62. The van der Waals surface area contributed by atoms with Crippen LogP contribution in [-0.2, 0) is 4.79 Å². The number of carbonyl (C=O) groups excluding carboxylic acids is 2. The van der Waals surface area contributed by atoms with Gasteiger partial charge in [0, 0.05) is 0 Å². The van der Waals surface area contributed by atoms with Crippen LogP contribution in [0.2, 0.25) is 0 Å². The number of benzene rings is 3. The number of esters is 1. The standard InChI is InChI=1S/C24H22N2O5/c1-17-5-3-4-6-22(17)24(28)31-21-9-7-18(8-10-21)15-25-26-23(27)16-30-20-13-11-19(29-2)12-14-20/h3-15H,16H2,1-2H3,(H,26,27)/b25-15-. The van der Waals surface area contributed by atoms with E-state index in [2.05, 4.69) is 10.5 Å². The van der Waals surface area contributed by atoms with Crippen LogP contribution >= 0.6 is 0 Å². The van der Waals surface area contributed by atoms with E-state index in [-0.39, 0.29) is 6.61 Å². The molecule has 0 spiro atoms. The van der Waals surface area contributed by atoms with Crippen molar-refractivity contribution in [3.63, 3.8) is 0 Å². The first-order chi connectivity index (χ1) is 15.0. The maximum Gasteiger partial charge on any atom is 0.343 e. The molecule has 0 atom stereocenters. The van der Waals surface area contributed by atoms with Gasteiger partial charge < -0.3 is 14.2 Å². The molecule has 0 heterocycles. The zero-order valence-corrected chi connectivity index (χ0v) is 17.2. The van der Waals surface area contributed by atoms with E-state index in [4.69, 9.17) is 14.2 Å². The molecule has 0 radical (unpaired) electrons. The Bertz CT molecular complexity index is 1060. The van der Waals surface area contributed by atoms with E-state index in [9.17, 15) is 9.59 Å². The van der Waals surface area contributed by atoms with Crippen LogP contribution < -0.4 is 19.6 Å². The average molecular weight is 418 g/mol. The van der Waals surface area contributed by atoms with Crippen molar-refractivity contribution in [2.24, 2.45) is 5.10 Å². The van der Waals surface area contributed by atoms with E-state index in [1.54, 1.807) is 67.8 Å². The van der Waals surface area contributed by atoms with Crippen molar-refractivity contribution in [2.45, 2.75) is 6.92 Å². The van der Waals surface area contributed by atoms with Crippen LogP contribution in [0.3, 0.4) is 0 Å². The SMILES string of the molecule is COc1ccc(OCC(=O)N/N=C\c2ccc(OC(=O)c3ccccc3C)cc2)cc1. The molecule has 1 N–H and O–H groups in total. The van der Waals surface area contributed by atoms with Crippen molar-refractivity contribution in [1.29, 1.82) is 0 Å². The number of carbonyl (C=O) groups is 2. The minimum Gasteiger partial charge on any atom is -0.497 e. The molecule has 158 valence electrons. The second-order valence-corrected chi connectivity index (χ2v) is 6.53. The molecular weight excluding hydrogens is 396 g/mol. The quantitative estimate of drug-likeness (QED) is 0.261. The molecule has 0 aliphatic rings. The fraction of sp³-hybridized carbons (Fsp3) is 0.125. The topological polar surface area (TPSA) is 86.2 Å². The predicted octanol–water partition coefficient (Wildman–Crippen LogP) is 3.75. The van der Waals surface area contributed by atoms with Crippen molar-refractivity contribution in [1.82, 2.24) is 5.43 Å². The van der Waals surface area contributed by atoms with Gasteiger partial charge >= 0.3 is 5.97 Å². The fourth-order valence-electron chi connectivity index (χ4n) is 2.62. The van der Waals surface area contributed by atoms with E-state index in [0.717, 1.165) is 11.1 Å². The van der Waals surface area contributed by atoms with Gasteiger partial charge in [-0.2, -0.15) is 5.10 Å². The molecule has 0 aliphatic carbocycles. The number of nitrogens with one attached hydrogen (secondary N) is 1. The number of amides is 1. The Hall–Kier alpha value is -4.13. The lowest BCUT2D eigenvalue weighted by molar-refractivity contribution is -0.123. The lowest BCUT2D eigenvalue weighted by Gasteiger charge is -2.07. The molecule has 1 amide bonds. The van der Waals surface area contributed by atoms with E-state index in [1.165, 1.54) is 6.21 Å². The number of methoxy groups -OCH3 is 1. The van der Waals surface area contributed by atoms with Crippen molar-refractivity contribution in [3.05, 3.63) is 89.5 Å². The first-order valence-corrected chi connectivity index (χ1v) is 9.52. The van der Waals surface area contributed by atoms with Gasteiger partial charge in [0.05, 0.1) is 18.9 Å². The van der Waals surface area contributed by atoms with Gasteiger partial charge in [-0.05, 0) is 72.6 Å². The smallest absolute Gasteiger partial charge is 0.343 e.